The van der Waals surface area contributed by atoms with E-state index in [0.717, 1.165) is 34.9 Å². The number of rotatable bonds is 3. The Balaban J connectivity index is 1.79. The minimum Gasteiger partial charge on any atom is -0.438 e. The van der Waals surface area contributed by atoms with Crippen LogP contribution in [0, 0.1) is 6.92 Å². The fraction of sp³-hybridized carbons (Fsp3) is 0.312. The Morgan fingerprint density at radius 3 is 2.80 bits per heavy atom. The summed E-state index contributed by atoms with van der Waals surface area (Å²) < 4.78 is 6.88. The van der Waals surface area contributed by atoms with Crippen LogP contribution < -0.4 is 4.90 Å². The molecular weight excluding hydrogens is 316 g/mol. The number of benzene rings is 1. The van der Waals surface area contributed by atoms with Crippen LogP contribution >= 0.6 is 15.9 Å². The molecule has 0 saturated carbocycles. The second-order valence-corrected chi connectivity index (χ2v) is 5.95. The molecule has 0 bridgehead atoms. The third-order valence-electron chi connectivity index (χ3n) is 3.42. The number of aryl methyl sites for hydroxylation is 1. The van der Waals surface area contributed by atoms with Crippen molar-refractivity contribution in [2.75, 3.05) is 18.0 Å². The molecule has 0 radical (unpaired) electrons. The molecule has 3 rings (SSSR count). The Hall–Kier alpha value is -1.55. The molecule has 0 amide bonds. The maximum absolute atomic E-state index is 5.88. The van der Waals surface area contributed by atoms with Crippen LogP contribution in [0.3, 0.4) is 0 Å². The van der Waals surface area contributed by atoms with Gasteiger partial charge in [0.25, 0.3) is 0 Å². The summed E-state index contributed by atoms with van der Waals surface area (Å²) in [7, 11) is 0. The monoisotopic (exact) mass is 332 g/mol. The molecule has 4 heteroatoms. The van der Waals surface area contributed by atoms with Crippen molar-refractivity contribution in [2.45, 2.75) is 19.8 Å². The SMILES string of the molecule is Cc1cccc(N=Cc2cc(Br)c(N3CCCC3)o2)c1. The molecule has 1 aliphatic heterocycles. The van der Waals surface area contributed by atoms with Gasteiger partial charge in [0.15, 0.2) is 0 Å². The van der Waals surface area contributed by atoms with E-state index in [1.807, 2.05) is 18.2 Å². The molecule has 2 aromatic rings. The van der Waals surface area contributed by atoms with Gasteiger partial charge in [-0.3, -0.25) is 4.99 Å². The van der Waals surface area contributed by atoms with Gasteiger partial charge >= 0.3 is 0 Å². The van der Waals surface area contributed by atoms with Crippen LogP contribution in [-0.4, -0.2) is 19.3 Å². The number of nitrogens with zero attached hydrogens (tertiary/aromatic N) is 2. The van der Waals surface area contributed by atoms with Crippen LogP contribution in [0.2, 0.25) is 0 Å². The molecule has 1 aromatic heterocycles. The molecule has 104 valence electrons. The lowest BCUT2D eigenvalue weighted by molar-refractivity contribution is 0.549. The average molecular weight is 333 g/mol. The first kappa shape index (κ1) is 13.4. The molecule has 20 heavy (non-hydrogen) atoms. The van der Waals surface area contributed by atoms with Gasteiger partial charge in [-0.25, -0.2) is 0 Å². The summed E-state index contributed by atoms with van der Waals surface area (Å²) in [5.41, 5.74) is 2.15. The van der Waals surface area contributed by atoms with Crippen molar-refractivity contribution in [3.8, 4) is 0 Å². The van der Waals surface area contributed by atoms with Crippen molar-refractivity contribution in [1.29, 1.82) is 0 Å². The highest BCUT2D eigenvalue weighted by molar-refractivity contribution is 9.10. The molecule has 2 heterocycles. The lowest BCUT2D eigenvalue weighted by Crippen LogP contribution is -2.17. The quantitative estimate of drug-likeness (QED) is 0.762. The van der Waals surface area contributed by atoms with Crippen LogP contribution in [0.5, 0.6) is 0 Å². The minimum absolute atomic E-state index is 0.778. The maximum atomic E-state index is 5.88. The van der Waals surface area contributed by atoms with E-state index >= 15 is 0 Å². The number of halogens is 1. The van der Waals surface area contributed by atoms with Crippen LogP contribution in [0.1, 0.15) is 24.2 Å². The Morgan fingerprint density at radius 1 is 1.25 bits per heavy atom. The first-order chi connectivity index (χ1) is 9.72. The molecular formula is C16H17BrN2O. The summed E-state index contributed by atoms with van der Waals surface area (Å²) >= 11 is 3.57. The van der Waals surface area contributed by atoms with Gasteiger partial charge < -0.3 is 9.32 Å². The van der Waals surface area contributed by atoms with Crippen LogP contribution in [0.25, 0.3) is 0 Å². The zero-order valence-electron chi connectivity index (χ0n) is 11.5. The van der Waals surface area contributed by atoms with Crippen molar-refractivity contribution in [3.05, 3.63) is 46.1 Å². The van der Waals surface area contributed by atoms with Gasteiger partial charge in [-0.05, 0) is 53.4 Å². The van der Waals surface area contributed by atoms with E-state index in [2.05, 4.69) is 44.9 Å². The van der Waals surface area contributed by atoms with E-state index in [0.29, 0.717) is 0 Å². The highest BCUT2D eigenvalue weighted by atomic mass is 79.9. The summed E-state index contributed by atoms with van der Waals surface area (Å²) in [4.78, 5) is 6.73. The Bertz CT molecular complexity index is 627. The molecule has 1 fully saturated rings. The van der Waals surface area contributed by atoms with E-state index in [9.17, 15) is 0 Å². The predicted octanol–water partition coefficient (Wildman–Crippen LogP) is 4.70. The van der Waals surface area contributed by atoms with Crippen LogP contribution in [0.4, 0.5) is 11.6 Å². The van der Waals surface area contributed by atoms with E-state index < -0.39 is 0 Å². The normalized spacial score (nSPS) is 15.4. The highest BCUT2D eigenvalue weighted by Crippen LogP contribution is 2.32. The number of aliphatic imine (C=N–C) groups is 1. The average Bonchev–Trinajstić information content (AvgIpc) is 3.05. The van der Waals surface area contributed by atoms with E-state index in [1.54, 1.807) is 6.21 Å². The highest BCUT2D eigenvalue weighted by Gasteiger charge is 2.19. The topological polar surface area (TPSA) is 28.7 Å². The molecule has 0 N–H and O–H groups in total. The van der Waals surface area contributed by atoms with Crippen LogP contribution in [0.15, 0.2) is 44.2 Å². The zero-order valence-corrected chi connectivity index (χ0v) is 13.1. The molecule has 0 atom stereocenters. The molecule has 0 spiro atoms. The smallest absolute Gasteiger partial charge is 0.210 e. The second kappa shape index (κ2) is 5.83. The molecule has 3 nitrogen and oxygen atoms in total. The predicted molar refractivity (Wildman–Crippen MR) is 86.3 cm³/mol. The van der Waals surface area contributed by atoms with Gasteiger partial charge in [-0.15, -0.1) is 0 Å². The summed E-state index contributed by atoms with van der Waals surface area (Å²) in [6, 6.07) is 10.1. The van der Waals surface area contributed by atoms with Gasteiger partial charge in [0.05, 0.1) is 16.4 Å². The second-order valence-electron chi connectivity index (χ2n) is 5.09. The van der Waals surface area contributed by atoms with Crippen molar-refractivity contribution in [1.82, 2.24) is 0 Å². The third-order valence-corrected chi connectivity index (χ3v) is 3.99. The van der Waals surface area contributed by atoms with Crippen molar-refractivity contribution < 1.29 is 4.42 Å². The summed E-state index contributed by atoms with van der Waals surface area (Å²) in [6.07, 6.45) is 4.25. The fourth-order valence-corrected chi connectivity index (χ4v) is 2.98. The largest absolute Gasteiger partial charge is 0.438 e. The van der Waals surface area contributed by atoms with Crippen LogP contribution in [-0.2, 0) is 0 Å². The van der Waals surface area contributed by atoms with Crippen molar-refractivity contribution in [2.24, 2.45) is 4.99 Å². The van der Waals surface area contributed by atoms with Gasteiger partial charge in [0, 0.05) is 19.2 Å². The Morgan fingerprint density at radius 2 is 2.05 bits per heavy atom. The van der Waals surface area contributed by atoms with Crippen molar-refractivity contribution in [3.63, 3.8) is 0 Å². The number of hydrogen-bond donors (Lipinski definition) is 0. The first-order valence-corrected chi connectivity index (χ1v) is 7.67. The Kier molecular flexibility index (Phi) is 3.92. The summed E-state index contributed by atoms with van der Waals surface area (Å²) in [5.74, 6) is 1.70. The molecule has 0 unspecified atom stereocenters. The molecule has 1 aliphatic rings. The molecule has 1 aromatic carbocycles. The number of anilines is 1. The lowest BCUT2D eigenvalue weighted by Gasteiger charge is -2.13. The Labute approximate surface area is 127 Å². The fourth-order valence-electron chi connectivity index (χ4n) is 2.42. The van der Waals surface area contributed by atoms with Gasteiger partial charge in [0.2, 0.25) is 5.88 Å². The van der Waals surface area contributed by atoms with E-state index in [-0.39, 0.29) is 0 Å². The molecule has 1 saturated heterocycles. The van der Waals surface area contributed by atoms with Crippen molar-refractivity contribution >= 4 is 33.7 Å². The third kappa shape index (κ3) is 2.96. The maximum Gasteiger partial charge on any atom is 0.210 e. The summed E-state index contributed by atoms with van der Waals surface area (Å²) in [5, 5.41) is 0. The van der Waals surface area contributed by atoms with Gasteiger partial charge in [-0.1, -0.05) is 12.1 Å². The van der Waals surface area contributed by atoms with E-state index in [1.165, 1.54) is 18.4 Å². The first-order valence-electron chi connectivity index (χ1n) is 6.87. The molecule has 0 aliphatic carbocycles. The zero-order chi connectivity index (χ0) is 13.9. The standard InChI is InChI=1S/C16H17BrN2O/c1-12-5-4-6-13(9-12)18-11-14-10-15(17)16(20-14)19-7-2-3-8-19/h4-6,9-11H,2-3,7-8H2,1H3. The van der Waals surface area contributed by atoms with E-state index in [4.69, 9.17) is 4.42 Å². The number of hydrogen-bond acceptors (Lipinski definition) is 3. The van der Waals surface area contributed by atoms with Gasteiger partial charge in [0.1, 0.15) is 5.76 Å². The van der Waals surface area contributed by atoms with Gasteiger partial charge in [-0.2, -0.15) is 0 Å². The number of furan rings is 1. The lowest BCUT2D eigenvalue weighted by atomic mass is 10.2. The summed E-state index contributed by atoms with van der Waals surface area (Å²) in [6.45, 7) is 4.20. The minimum atomic E-state index is 0.778.